The second kappa shape index (κ2) is 8.05. The van der Waals surface area contributed by atoms with Gasteiger partial charge in [0.2, 0.25) is 5.82 Å². The Morgan fingerprint density at radius 2 is 1.78 bits per heavy atom. The molecule has 4 aromatic rings. The van der Waals surface area contributed by atoms with Gasteiger partial charge in [0.25, 0.3) is 5.90 Å². The quantitative estimate of drug-likeness (QED) is 0.538. The van der Waals surface area contributed by atoms with E-state index in [-0.39, 0.29) is 6.10 Å². The molecule has 0 aliphatic carbocycles. The number of aromatic nitrogens is 4. The van der Waals surface area contributed by atoms with Crippen LogP contribution in [0.1, 0.15) is 17.5 Å². The van der Waals surface area contributed by atoms with Crippen LogP contribution in [-0.4, -0.2) is 58.7 Å². The first-order chi connectivity index (χ1) is 15.8. The van der Waals surface area contributed by atoms with E-state index in [1.54, 1.807) is 0 Å². The van der Waals surface area contributed by atoms with Crippen molar-refractivity contribution in [3.05, 3.63) is 72.6 Å². The molecule has 3 aromatic heterocycles. The van der Waals surface area contributed by atoms with Crippen LogP contribution in [-0.2, 0) is 9.47 Å². The highest BCUT2D eigenvalue weighted by Gasteiger charge is 2.24. The third-order valence-corrected chi connectivity index (χ3v) is 5.87. The van der Waals surface area contributed by atoms with E-state index in [1.807, 2.05) is 55.1 Å². The second-order valence-electron chi connectivity index (χ2n) is 7.85. The maximum Gasteiger partial charge on any atom is 0.255 e. The van der Waals surface area contributed by atoms with E-state index < -0.39 is 0 Å². The Hall–Kier alpha value is -3.78. The lowest BCUT2D eigenvalue weighted by molar-refractivity contribution is 0.122. The molecular weight excluding hydrogens is 404 g/mol. The molecule has 2 aliphatic rings. The summed E-state index contributed by atoms with van der Waals surface area (Å²) in [5.74, 6) is 0.986. The second-order valence-corrected chi connectivity index (χ2v) is 7.85. The highest BCUT2D eigenvalue weighted by Crippen LogP contribution is 2.30. The Morgan fingerprint density at radius 1 is 0.969 bits per heavy atom. The number of aromatic amines is 1. The van der Waals surface area contributed by atoms with E-state index in [4.69, 9.17) is 9.47 Å². The number of nitrogens with zero attached hydrogens (tertiary/aromatic N) is 5. The lowest BCUT2D eigenvalue weighted by Crippen LogP contribution is -2.36. The van der Waals surface area contributed by atoms with Gasteiger partial charge in [-0.2, -0.15) is 0 Å². The number of pyridine rings is 1. The van der Waals surface area contributed by atoms with Crippen LogP contribution in [0, 0.1) is 0 Å². The molecule has 0 amide bonds. The van der Waals surface area contributed by atoms with Crippen LogP contribution in [0.15, 0.2) is 66.2 Å². The SMILES string of the molecule is c1ccc(C2CN=C(c3ncc(-c4c[nH]c5ncc(N6CCOCC6)cc45)cn3)O2)cc1. The van der Waals surface area contributed by atoms with Crippen LogP contribution < -0.4 is 4.90 Å². The van der Waals surface area contributed by atoms with E-state index in [2.05, 4.69) is 35.9 Å². The Morgan fingerprint density at radius 3 is 2.59 bits per heavy atom. The monoisotopic (exact) mass is 426 g/mol. The lowest BCUT2D eigenvalue weighted by Gasteiger charge is -2.28. The molecule has 2 aliphatic heterocycles. The lowest BCUT2D eigenvalue weighted by atomic mass is 10.1. The Kier molecular flexibility index (Phi) is 4.77. The molecule has 160 valence electrons. The van der Waals surface area contributed by atoms with Crippen molar-refractivity contribution in [1.29, 1.82) is 0 Å². The smallest absolute Gasteiger partial charge is 0.255 e. The molecule has 32 heavy (non-hydrogen) atoms. The molecule has 0 saturated carbocycles. The number of morpholine rings is 1. The van der Waals surface area contributed by atoms with Gasteiger partial charge in [0.05, 0.1) is 31.6 Å². The third-order valence-electron chi connectivity index (χ3n) is 5.87. The van der Waals surface area contributed by atoms with Gasteiger partial charge in [-0.1, -0.05) is 30.3 Å². The normalized spacial score (nSPS) is 18.6. The van der Waals surface area contributed by atoms with Gasteiger partial charge in [0, 0.05) is 48.2 Å². The average Bonchev–Trinajstić information content (AvgIpc) is 3.53. The zero-order valence-corrected chi connectivity index (χ0v) is 17.4. The fourth-order valence-electron chi connectivity index (χ4n) is 4.14. The van der Waals surface area contributed by atoms with Gasteiger partial charge < -0.3 is 19.4 Å². The highest BCUT2D eigenvalue weighted by molar-refractivity contribution is 5.96. The van der Waals surface area contributed by atoms with Crippen molar-refractivity contribution in [2.45, 2.75) is 6.10 Å². The summed E-state index contributed by atoms with van der Waals surface area (Å²) in [5, 5.41) is 1.05. The van der Waals surface area contributed by atoms with E-state index in [0.717, 1.165) is 59.7 Å². The molecule has 5 heterocycles. The predicted molar refractivity (Wildman–Crippen MR) is 122 cm³/mol. The number of ether oxygens (including phenoxy) is 2. The van der Waals surface area contributed by atoms with Crippen molar-refractivity contribution < 1.29 is 9.47 Å². The number of aliphatic imine (C=N–C) groups is 1. The maximum atomic E-state index is 6.01. The van der Waals surface area contributed by atoms with Crippen LogP contribution in [0.5, 0.6) is 0 Å². The van der Waals surface area contributed by atoms with Gasteiger partial charge in [-0.15, -0.1) is 0 Å². The minimum atomic E-state index is -0.0900. The summed E-state index contributed by atoms with van der Waals surface area (Å²) < 4.78 is 11.5. The summed E-state index contributed by atoms with van der Waals surface area (Å²) in [6.07, 6.45) is 7.40. The fourth-order valence-corrected chi connectivity index (χ4v) is 4.14. The van der Waals surface area contributed by atoms with Gasteiger partial charge in [-0.25, -0.2) is 19.9 Å². The van der Waals surface area contributed by atoms with Crippen LogP contribution in [0.3, 0.4) is 0 Å². The standard InChI is InChI=1S/C24H22N6O2/c1-2-4-16(5-3-1)21-15-29-24(32-21)23-25-11-17(12-26-23)20-14-28-22-19(20)10-18(13-27-22)30-6-8-31-9-7-30/h1-5,10-14,21H,6-9,15H2,(H,27,28). The average molecular weight is 426 g/mol. The Bertz CT molecular complexity index is 1260. The van der Waals surface area contributed by atoms with Crippen LogP contribution in [0.25, 0.3) is 22.2 Å². The summed E-state index contributed by atoms with van der Waals surface area (Å²) >= 11 is 0. The first kappa shape index (κ1) is 18.9. The predicted octanol–water partition coefficient (Wildman–Crippen LogP) is 3.37. The van der Waals surface area contributed by atoms with Crippen molar-refractivity contribution in [2.24, 2.45) is 4.99 Å². The van der Waals surface area contributed by atoms with E-state index in [0.29, 0.717) is 18.3 Å². The zero-order chi connectivity index (χ0) is 21.3. The molecule has 1 aromatic carbocycles. The molecule has 1 atom stereocenters. The molecule has 1 fully saturated rings. The van der Waals surface area contributed by atoms with Gasteiger partial charge in [0.15, 0.2) is 0 Å². The molecular formula is C24H22N6O2. The molecule has 1 saturated heterocycles. The van der Waals surface area contributed by atoms with Crippen LogP contribution in [0.2, 0.25) is 0 Å². The molecule has 0 radical (unpaired) electrons. The molecule has 8 nitrogen and oxygen atoms in total. The van der Waals surface area contributed by atoms with E-state index in [9.17, 15) is 0 Å². The van der Waals surface area contributed by atoms with Gasteiger partial charge in [0.1, 0.15) is 11.8 Å². The Labute approximate surface area is 185 Å². The largest absolute Gasteiger partial charge is 0.465 e. The topological polar surface area (TPSA) is 88.5 Å². The summed E-state index contributed by atoms with van der Waals surface area (Å²) in [6.45, 7) is 3.80. The number of anilines is 1. The Balaban J connectivity index is 1.24. The van der Waals surface area contributed by atoms with Crippen molar-refractivity contribution in [2.75, 3.05) is 37.7 Å². The first-order valence-corrected chi connectivity index (χ1v) is 10.7. The number of benzene rings is 1. The minimum absolute atomic E-state index is 0.0900. The van der Waals surface area contributed by atoms with Gasteiger partial charge in [-0.05, 0) is 11.6 Å². The maximum absolute atomic E-state index is 6.01. The number of rotatable bonds is 4. The summed E-state index contributed by atoms with van der Waals surface area (Å²) in [5.41, 5.74) is 4.98. The molecule has 8 heteroatoms. The molecule has 0 bridgehead atoms. The number of H-pyrrole nitrogens is 1. The van der Waals surface area contributed by atoms with Crippen LogP contribution in [0.4, 0.5) is 5.69 Å². The first-order valence-electron chi connectivity index (χ1n) is 10.7. The number of fused-ring (bicyclic) bond motifs is 1. The van der Waals surface area contributed by atoms with E-state index >= 15 is 0 Å². The summed E-state index contributed by atoms with van der Waals surface area (Å²) in [6, 6.07) is 12.3. The van der Waals surface area contributed by atoms with Crippen LogP contribution >= 0.6 is 0 Å². The highest BCUT2D eigenvalue weighted by atomic mass is 16.5. The minimum Gasteiger partial charge on any atom is -0.465 e. The summed E-state index contributed by atoms with van der Waals surface area (Å²) in [4.78, 5) is 23.7. The zero-order valence-electron chi connectivity index (χ0n) is 17.4. The van der Waals surface area contributed by atoms with Crippen molar-refractivity contribution >= 4 is 22.6 Å². The number of nitrogens with one attached hydrogen (secondary N) is 1. The van der Waals surface area contributed by atoms with Crippen molar-refractivity contribution in [1.82, 2.24) is 19.9 Å². The molecule has 6 rings (SSSR count). The number of hydrogen-bond donors (Lipinski definition) is 1. The van der Waals surface area contributed by atoms with Crippen molar-refractivity contribution in [3.63, 3.8) is 0 Å². The van der Waals surface area contributed by atoms with E-state index in [1.165, 1.54) is 0 Å². The molecule has 1 N–H and O–H groups in total. The third kappa shape index (κ3) is 3.48. The fraction of sp³-hybridized carbons (Fsp3) is 0.250. The van der Waals surface area contributed by atoms with Gasteiger partial charge >= 0.3 is 0 Å². The van der Waals surface area contributed by atoms with Gasteiger partial charge in [-0.3, -0.25) is 0 Å². The summed E-state index contributed by atoms with van der Waals surface area (Å²) in [7, 11) is 0. The molecule has 0 spiro atoms. The number of hydrogen-bond acceptors (Lipinski definition) is 7. The van der Waals surface area contributed by atoms with Crippen molar-refractivity contribution in [3.8, 4) is 11.1 Å². The molecule has 1 unspecified atom stereocenters.